The Labute approximate surface area is 245 Å². The first-order chi connectivity index (χ1) is 19.5. The molecule has 1 aromatic heterocycles. The zero-order valence-electron chi connectivity index (χ0n) is 24.0. The lowest BCUT2D eigenvalue weighted by Crippen LogP contribution is -2.56. The Morgan fingerprint density at radius 2 is 1.68 bits per heavy atom. The first-order valence-corrected chi connectivity index (χ1v) is 14.2. The lowest BCUT2D eigenvalue weighted by molar-refractivity contribution is -0.155. The minimum Gasteiger partial charge on any atom is -0.460 e. The number of amides is 3. The first kappa shape index (κ1) is 31.8. The second-order valence-electron chi connectivity index (χ2n) is 10.7. The Morgan fingerprint density at radius 3 is 2.32 bits per heavy atom. The van der Waals surface area contributed by atoms with Gasteiger partial charge in [0.25, 0.3) is 5.91 Å². The van der Waals surface area contributed by atoms with Crippen molar-refractivity contribution in [1.29, 1.82) is 0 Å². The van der Waals surface area contributed by atoms with Crippen LogP contribution >= 0.6 is 11.6 Å². The fraction of sp³-hybridized carbons (Fsp3) is 0.517. The molecule has 2 heterocycles. The van der Waals surface area contributed by atoms with Gasteiger partial charge in [-0.2, -0.15) is 0 Å². The first-order valence-electron chi connectivity index (χ1n) is 13.8. The third-order valence-electron chi connectivity index (χ3n) is 6.19. The Morgan fingerprint density at radius 1 is 1.02 bits per heavy atom. The van der Waals surface area contributed by atoms with Crippen molar-refractivity contribution in [1.82, 2.24) is 25.1 Å². The van der Waals surface area contributed by atoms with Gasteiger partial charge < -0.3 is 24.6 Å². The van der Waals surface area contributed by atoms with Gasteiger partial charge in [0.15, 0.2) is 5.82 Å². The largest absolute Gasteiger partial charge is 0.460 e. The zero-order chi connectivity index (χ0) is 30.0. The van der Waals surface area contributed by atoms with Gasteiger partial charge in [-0.05, 0) is 33.6 Å². The van der Waals surface area contributed by atoms with E-state index in [-0.39, 0.29) is 48.5 Å². The standard InChI is InChI=1S/C29H38ClN5O6/c1-5-6-18-40-28(39)35-16-14-34(15-17-35)27(38)21(12-13-24(36)41-29(2,3)4)32-26(37)22-19-23(30)33-25(31-22)20-10-8-7-9-11-20/h7-11,19,21H,5-6,12-18H2,1-4H3,(H,32,37). The quantitative estimate of drug-likeness (QED) is 0.250. The number of ether oxygens (including phenoxy) is 2. The van der Waals surface area contributed by atoms with Crippen LogP contribution < -0.4 is 5.32 Å². The van der Waals surface area contributed by atoms with Crippen molar-refractivity contribution < 1.29 is 28.7 Å². The van der Waals surface area contributed by atoms with E-state index in [9.17, 15) is 19.2 Å². The van der Waals surface area contributed by atoms with Gasteiger partial charge >= 0.3 is 12.1 Å². The molecule has 0 radical (unpaired) electrons. The third kappa shape index (κ3) is 10.00. The second-order valence-corrected chi connectivity index (χ2v) is 11.1. The number of aromatic nitrogens is 2. The Bertz CT molecular complexity index is 1210. The van der Waals surface area contributed by atoms with Gasteiger partial charge in [0, 0.05) is 44.2 Å². The minimum absolute atomic E-state index is 0.0152. The van der Waals surface area contributed by atoms with E-state index < -0.39 is 29.6 Å². The molecule has 1 aromatic carbocycles. The van der Waals surface area contributed by atoms with Gasteiger partial charge in [0.1, 0.15) is 22.5 Å². The lowest BCUT2D eigenvalue weighted by Gasteiger charge is -2.36. The molecule has 3 rings (SSSR count). The van der Waals surface area contributed by atoms with E-state index in [1.54, 1.807) is 42.7 Å². The Kier molecular flexibility index (Phi) is 11.5. The van der Waals surface area contributed by atoms with Crippen molar-refractivity contribution in [3.63, 3.8) is 0 Å². The maximum absolute atomic E-state index is 13.6. The van der Waals surface area contributed by atoms with E-state index in [1.165, 1.54) is 6.07 Å². The van der Waals surface area contributed by atoms with Gasteiger partial charge in [-0.15, -0.1) is 0 Å². The fourth-order valence-electron chi connectivity index (χ4n) is 4.12. The van der Waals surface area contributed by atoms with E-state index in [0.717, 1.165) is 12.8 Å². The number of esters is 1. The molecule has 3 amide bonds. The van der Waals surface area contributed by atoms with Crippen molar-refractivity contribution in [3.8, 4) is 11.4 Å². The lowest BCUT2D eigenvalue weighted by atomic mass is 10.1. The molecule has 0 bridgehead atoms. The van der Waals surface area contributed by atoms with Crippen molar-refractivity contribution in [3.05, 3.63) is 47.2 Å². The summed E-state index contributed by atoms with van der Waals surface area (Å²) in [5.74, 6) is -1.22. The van der Waals surface area contributed by atoms with Crippen LogP contribution in [0, 0.1) is 0 Å². The van der Waals surface area contributed by atoms with Gasteiger partial charge in [-0.3, -0.25) is 14.4 Å². The molecule has 0 aliphatic carbocycles. The van der Waals surface area contributed by atoms with Crippen LogP contribution in [-0.2, 0) is 19.1 Å². The highest BCUT2D eigenvalue weighted by molar-refractivity contribution is 6.29. The number of piperazine rings is 1. The Balaban J connectivity index is 1.72. The number of nitrogens with zero attached hydrogens (tertiary/aromatic N) is 4. The molecule has 1 unspecified atom stereocenters. The highest BCUT2D eigenvalue weighted by Gasteiger charge is 2.32. The molecular weight excluding hydrogens is 550 g/mol. The summed E-state index contributed by atoms with van der Waals surface area (Å²) in [5, 5.41) is 2.80. The van der Waals surface area contributed by atoms with E-state index >= 15 is 0 Å². The Hall–Kier alpha value is -3.73. The number of halogens is 1. The van der Waals surface area contributed by atoms with E-state index in [0.29, 0.717) is 25.3 Å². The molecule has 1 N–H and O–H groups in total. The van der Waals surface area contributed by atoms with E-state index in [2.05, 4.69) is 15.3 Å². The van der Waals surface area contributed by atoms with Crippen molar-refractivity contribution >= 4 is 35.5 Å². The summed E-state index contributed by atoms with van der Waals surface area (Å²) in [6.45, 7) is 8.75. The van der Waals surface area contributed by atoms with Gasteiger partial charge in [0.2, 0.25) is 5.91 Å². The minimum atomic E-state index is -1.04. The summed E-state index contributed by atoms with van der Waals surface area (Å²) in [5.41, 5.74) is -0.0285. The van der Waals surface area contributed by atoms with Crippen LogP contribution in [0.5, 0.6) is 0 Å². The average Bonchev–Trinajstić information content (AvgIpc) is 2.94. The molecule has 1 aliphatic heterocycles. The van der Waals surface area contributed by atoms with Crippen molar-refractivity contribution in [2.75, 3.05) is 32.8 Å². The van der Waals surface area contributed by atoms with E-state index in [1.807, 2.05) is 25.1 Å². The topological polar surface area (TPSA) is 131 Å². The van der Waals surface area contributed by atoms with Crippen LogP contribution in [0.25, 0.3) is 11.4 Å². The maximum Gasteiger partial charge on any atom is 0.409 e. The number of hydrogen-bond donors (Lipinski definition) is 1. The highest BCUT2D eigenvalue weighted by Crippen LogP contribution is 2.19. The van der Waals surface area contributed by atoms with Crippen molar-refractivity contribution in [2.45, 2.75) is 65.0 Å². The van der Waals surface area contributed by atoms with Crippen molar-refractivity contribution in [2.24, 2.45) is 0 Å². The number of carbonyl (C=O) groups excluding carboxylic acids is 4. The maximum atomic E-state index is 13.6. The molecule has 1 saturated heterocycles. The number of carbonyl (C=O) groups is 4. The number of unbranched alkanes of at least 4 members (excludes halogenated alkanes) is 1. The average molecular weight is 588 g/mol. The van der Waals surface area contributed by atoms with Gasteiger partial charge in [-0.1, -0.05) is 55.3 Å². The molecule has 1 atom stereocenters. The van der Waals surface area contributed by atoms with Gasteiger partial charge in [0.05, 0.1) is 6.61 Å². The summed E-state index contributed by atoms with van der Waals surface area (Å²) in [6.07, 6.45) is 1.23. The van der Waals surface area contributed by atoms with Crippen LogP contribution in [0.2, 0.25) is 5.15 Å². The third-order valence-corrected chi connectivity index (χ3v) is 6.39. The smallest absolute Gasteiger partial charge is 0.409 e. The predicted molar refractivity (Wildman–Crippen MR) is 153 cm³/mol. The molecule has 0 spiro atoms. The number of rotatable bonds is 10. The summed E-state index contributed by atoms with van der Waals surface area (Å²) in [6, 6.07) is 9.34. The predicted octanol–water partition coefficient (Wildman–Crippen LogP) is 4.10. The molecular formula is C29H38ClN5O6. The summed E-state index contributed by atoms with van der Waals surface area (Å²) in [7, 11) is 0. The number of nitrogens with one attached hydrogen (secondary N) is 1. The summed E-state index contributed by atoms with van der Waals surface area (Å²) in [4.78, 5) is 63.3. The summed E-state index contributed by atoms with van der Waals surface area (Å²) >= 11 is 6.20. The van der Waals surface area contributed by atoms with Crippen LogP contribution in [0.3, 0.4) is 0 Å². The van der Waals surface area contributed by atoms with Gasteiger partial charge in [-0.25, -0.2) is 14.8 Å². The second kappa shape index (κ2) is 14.8. The SMILES string of the molecule is CCCCOC(=O)N1CCN(C(=O)C(CCC(=O)OC(C)(C)C)NC(=O)c2cc(Cl)nc(-c3ccccc3)n2)CC1. The molecule has 222 valence electrons. The normalized spacial score (nSPS) is 14.3. The molecule has 11 nitrogen and oxygen atoms in total. The highest BCUT2D eigenvalue weighted by atomic mass is 35.5. The fourth-order valence-corrected chi connectivity index (χ4v) is 4.30. The van der Waals surface area contributed by atoms with Crippen LogP contribution in [0.1, 0.15) is 63.9 Å². The van der Waals surface area contributed by atoms with E-state index in [4.69, 9.17) is 21.1 Å². The summed E-state index contributed by atoms with van der Waals surface area (Å²) < 4.78 is 10.7. The van der Waals surface area contributed by atoms with Crippen LogP contribution in [-0.4, -0.2) is 88.1 Å². The molecule has 41 heavy (non-hydrogen) atoms. The van der Waals surface area contributed by atoms with Crippen LogP contribution in [0.15, 0.2) is 36.4 Å². The molecule has 1 fully saturated rings. The number of benzene rings is 1. The number of hydrogen-bond acceptors (Lipinski definition) is 8. The molecule has 2 aromatic rings. The molecule has 12 heteroatoms. The molecule has 1 aliphatic rings. The van der Waals surface area contributed by atoms with Crippen LogP contribution in [0.4, 0.5) is 4.79 Å². The zero-order valence-corrected chi connectivity index (χ0v) is 24.8. The molecule has 0 saturated carbocycles. The monoisotopic (exact) mass is 587 g/mol.